The zero-order valence-electron chi connectivity index (χ0n) is 44.3. The molecule has 2 fully saturated rings. The van der Waals surface area contributed by atoms with E-state index in [1.165, 1.54) is 0 Å². The zero-order valence-corrected chi connectivity index (χ0v) is 44.3. The Labute approximate surface area is 464 Å². The van der Waals surface area contributed by atoms with Crippen LogP contribution in [0, 0.1) is 0 Å². The van der Waals surface area contributed by atoms with Crippen LogP contribution in [0.4, 0.5) is 0 Å². The monoisotopic (exact) mass is 1060 g/mol. The van der Waals surface area contributed by atoms with Crippen molar-refractivity contribution >= 4 is 0 Å². The van der Waals surface area contributed by atoms with Crippen LogP contribution in [0.3, 0.4) is 0 Å². The van der Waals surface area contributed by atoms with Crippen molar-refractivity contribution in [2.45, 2.75) is 120 Å². The minimum atomic E-state index is -1.37. The number of benzene rings is 8. The lowest BCUT2D eigenvalue weighted by molar-refractivity contribution is -0.363. The zero-order chi connectivity index (χ0) is 53.7. The number of ether oxygens (including phenoxy) is 10. The van der Waals surface area contributed by atoms with E-state index >= 15 is 0 Å². The van der Waals surface area contributed by atoms with E-state index < -0.39 is 67.3 Å². The first-order valence-electron chi connectivity index (χ1n) is 27.3. The standard InChI is InChI=1S/C68H70O11/c69-59-61(72-43-52-29-13-3-14-30-52)64(74-45-54-33-17-5-18-34-54)66(76-47-56-37-21-7-22-38-56)65(75-46-55-35-19-6-20-36-55)62(59)79-68-67(77-48-57-39-23-8-24-40-57)63(73-44-53-31-15-4-16-32-53)60(71-42-51-27-11-2-12-28-51)58(78-68)49-70-41-50-25-9-1-10-26-50/h1-40,58-69H,41-49H2/t58-,59+,60-,61+,62-,63+,64-,65-,66-,67+,68-/m1/s1. The van der Waals surface area contributed by atoms with Crippen molar-refractivity contribution in [2.75, 3.05) is 6.61 Å². The summed E-state index contributed by atoms with van der Waals surface area (Å²) in [6.07, 6.45) is -10.7. The highest BCUT2D eigenvalue weighted by Crippen LogP contribution is 2.39. The molecule has 79 heavy (non-hydrogen) atoms. The Morgan fingerprint density at radius 2 is 0.506 bits per heavy atom. The Hall–Kier alpha value is -6.68. The van der Waals surface area contributed by atoms with E-state index in [1.807, 2.05) is 243 Å². The molecule has 10 rings (SSSR count). The first kappa shape index (κ1) is 55.6. The molecule has 1 heterocycles. The van der Waals surface area contributed by atoms with E-state index in [1.54, 1.807) is 0 Å². The molecule has 1 aliphatic heterocycles. The third kappa shape index (κ3) is 16.0. The summed E-state index contributed by atoms with van der Waals surface area (Å²) in [5.41, 5.74) is 7.60. The molecule has 408 valence electrons. The van der Waals surface area contributed by atoms with Crippen molar-refractivity contribution in [1.82, 2.24) is 0 Å². The fourth-order valence-corrected chi connectivity index (χ4v) is 10.1. The van der Waals surface area contributed by atoms with Crippen LogP contribution < -0.4 is 0 Å². The van der Waals surface area contributed by atoms with Crippen LogP contribution in [-0.2, 0) is 100 Å². The third-order valence-electron chi connectivity index (χ3n) is 14.2. The van der Waals surface area contributed by atoms with E-state index in [-0.39, 0.29) is 52.9 Å². The lowest BCUT2D eigenvalue weighted by atomic mass is 9.83. The van der Waals surface area contributed by atoms with Gasteiger partial charge in [-0.25, -0.2) is 0 Å². The molecule has 1 saturated carbocycles. The van der Waals surface area contributed by atoms with Crippen molar-refractivity contribution in [3.05, 3.63) is 287 Å². The van der Waals surface area contributed by atoms with E-state index in [2.05, 4.69) is 0 Å². The molecule has 0 spiro atoms. The lowest BCUT2D eigenvalue weighted by Crippen LogP contribution is -2.69. The molecule has 11 heteroatoms. The fraction of sp³-hybridized carbons (Fsp3) is 0.294. The molecule has 0 radical (unpaired) electrons. The van der Waals surface area contributed by atoms with Crippen molar-refractivity contribution in [1.29, 1.82) is 0 Å². The van der Waals surface area contributed by atoms with Gasteiger partial charge in [-0.15, -0.1) is 0 Å². The molecule has 2 aliphatic rings. The third-order valence-corrected chi connectivity index (χ3v) is 14.2. The maximum Gasteiger partial charge on any atom is 0.187 e. The molecule has 0 unspecified atom stereocenters. The Kier molecular flexibility index (Phi) is 20.8. The summed E-state index contributed by atoms with van der Waals surface area (Å²) in [4.78, 5) is 0. The predicted molar refractivity (Wildman–Crippen MR) is 301 cm³/mol. The molecule has 8 aromatic rings. The van der Waals surface area contributed by atoms with Crippen molar-refractivity contribution in [2.24, 2.45) is 0 Å². The molecule has 11 atom stereocenters. The van der Waals surface area contributed by atoms with E-state index in [9.17, 15) is 5.11 Å². The lowest BCUT2D eigenvalue weighted by Gasteiger charge is -2.51. The summed E-state index contributed by atoms with van der Waals surface area (Å²) in [6.45, 7) is 1.84. The summed E-state index contributed by atoms with van der Waals surface area (Å²) in [5, 5.41) is 13.3. The molecule has 0 amide bonds. The van der Waals surface area contributed by atoms with Crippen LogP contribution in [0.25, 0.3) is 0 Å². The van der Waals surface area contributed by atoms with Crippen LogP contribution in [0.5, 0.6) is 0 Å². The number of aliphatic hydroxyl groups is 1. The molecule has 0 bridgehead atoms. The van der Waals surface area contributed by atoms with Gasteiger partial charge in [-0.1, -0.05) is 243 Å². The predicted octanol–water partition coefficient (Wildman–Crippen LogP) is 11.8. The average Bonchev–Trinajstić information content (AvgIpc) is 3.65. The van der Waals surface area contributed by atoms with Gasteiger partial charge in [0.15, 0.2) is 6.29 Å². The maximum atomic E-state index is 13.3. The topological polar surface area (TPSA) is 113 Å². The van der Waals surface area contributed by atoms with Gasteiger partial charge in [-0.05, 0) is 44.5 Å². The second-order valence-electron chi connectivity index (χ2n) is 20.0. The van der Waals surface area contributed by atoms with Crippen molar-refractivity contribution < 1.29 is 52.5 Å². The van der Waals surface area contributed by atoms with Gasteiger partial charge in [-0.2, -0.15) is 0 Å². The highest BCUT2D eigenvalue weighted by Gasteiger charge is 2.57. The average molecular weight is 1060 g/mol. The van der Waals surface area contributed by atoms with Gasteiger partial charge in [0.05, 0.1) is 59.5 Å². The highest BCUT2D eigenvalue weighted by molar-refractivity contribution is 5.20. The van der Waals surface area contributed by atoms with Crippen LogP contribution in [0.15, 0.2) is 243 Å². The number of rotatable bonds is 27. The highest BCUT2D eigenvalue weighted by atomic mass is 16.7. The molecule has 11 nitrogen and oxygen atoms in total. The molecule has 1 N–H and O–H groups in total. The van der Waals surface area contributed by atoms with E-state index in [0.29, 0.717) is 6.61 Å². The van der Waals surface area contributed by atoms with Crippen LogP contribution in [0.1, 0.15) is 44.5 Å². The largest absolute Gasteiger partial charge is 0.387 e. The minimum absolute atomic E-state index is 0.104. The Morgan fingerprint density at radius 3 is 0.835 bits per heavy atom. The molecular weight excluding hydrogens is 993 g/mol. The number of hydrogen-bond acceptors (Lipinski definition) is 11. The summed E-state index contributed by atoms with van der Waals surface area (Å²) in [5.74, 6) is 0. The quantitative estimate of drug-likeness (QED) is 0.0531. The fourth-order valence-electron chi connectivity index (χ4n) is 10.1. The summed E-state index contributed by atoms with van der Waals surface area (Å²) in [7, 11) is 0. The van der Waals surface area contributed by atoms with Crippen molar-refractivity contribution in [3.8, 4) is 0 Å². The smallest absolute Gasteiger partial charge is 0.187 e. The van der Waals surface area contributed by atoms with Gasteiger partial charge in [0.25, 0.3) is 0 Å². The second-order valence-corrected chi connectivity index (χ2v) is 20.0. The summed E-state index contributed by atoms with van der Waals surface area (Å²) >= 11 is 0. The molecule has 8 aromatic carbocycles. The van der Waals surface area contributed by atoms with Gasteiger partial charge in [-0.3, -0.25) is 0 Å². The Morgan fingerprint density at radius 1 is 0.266 bits per heavy atom. The summed E-state index contributed by atoms with van der Waals surface area (Å²) in [6, 6.07) is 79.8. The Balaban J connectivity index is 1.07. The SMILES string of the molecule is O[C@@H]1[C@@H](O[C@H]2O[C@H](COCc3ccccc3)[C@@H](OCc3ccccc3)[C@H](OCc3ccccc3)[C@@H]2OCc2ccccc2)[C@@H](OCc2ccccc2)[C@H](OCc2ccccc2)[C@H](OCc2ccccc2)[C@H]1OCc1ccccc1. The van der Waals surface area contributed by atoms with Crippen LogP contribution >= 0.6 is 0 Å². The van der Waals surface area contributed by atoms with Gasteiger partial charge in [0.2, 0.25) is 0 Å². The van der Waals surface area contributed by atoms with Crippen molar-refractivity contribution in [3.63, 3.8) is 0 Å². The van der Waals surface area contributed by atoms with Crippen LogP contribution in [0.2, 0.25) is 0 Å². The molecule has 0 aromatic heterocycles. The van der Waals surface area contributed by atoms with E-state index in [4.69, 9.17) is 47.4 Å². The maximum absolute atomic E-state index is 13.3. The van der Waals surface area contributed by atoms with Crippen LogP contribution in [-0.4, -0.2) is 79.0 Å². The first-order chi connectivity index (χ1) is 39.1. The minimum Gasteiger partial charge on any atom is -0.387 e. The summed E-state index contributed by atoms with van der Waals surface area (Å²) < 4.78 is 70.7. The number of hydrogen-bond donors (Lipinski definition) is 1. The molecular formula is C68H70O11. The van der Waals surface area contributed by atoms with Gasteiger partial charge in [0.1, 0.15) is 61.0 Å². The van der Waals surface area contributed by atoms with Gasteiger partial charge >= 0.3 is 0 Å². The number of aliphatic hydroxyl groups excluding tert-OH is 1. The molecule has 1 saturated heterocycles. The van der Waals surface area contributed by atoms with E-state index in [0.717, 1.165) is 44.5 Å². The first-order valence-corrected chi connectivity index (χ1v) is 27.3. The van der Waals surface area contributed by atoms with Gasteiger partial charge < -0.3 is 52.5 Å². The van der Waals surface area contributed by atoms with Gasteiger partial charge in [0, 0.05) is 0 Å². The second kappa shape index (κ2) is 29.5. The molecule has 1 aliphatic carbocycles. The Bertz CT molecular complexity index is 2910. The normalized spacial score (nSPS) is 24.0.